The Morgan fingerprint density at radius 3 is 3.19 bits per heavy atom. The topological polar surface area (TPSA) is 55.6 Å². The normalized spacial score (nSPS) is 20.9. The number of hydrogen-bond acceptors (Lipinski definition) is 4. The smallest absolute Gasteiger partial charge is 0.267 e. The number of ether oxygens (including phenoxy) is 1. The highest BCUT2D eigenvalue weighted by Crippen LogP contribution is 2.26. The average Bonchev–Trinajstić information content (AvgIpc) is 2.76. The van der Waals surface area contributed by atoms with E-state index in [4.69, 9.17) is 10.5 Å². The number of carbonyl (C=O) groups excluding carboxylic acids is 1. The Labute approximate surface area is 99.0 Å². The quantitative estimate of drug-likeness (QED) is 0.848. The van der Waals surface area contributed by atoms with Gasteiger partial charge in [-0.3, -0.25) is 4.79 Å². The van der Waals surface area contributed by atoms with Gasteiger partial charge in [0.15, 0.2) is 0 Å². The van der Waals surface area contributed by atoms with Crippen molar-refractivity contribution in [3.63, 3.8) is 0 Å². The predicted molar refractivity (Wildman–Crippen MR) is 64.0 cm³/mol. The lowest BCUT2D eigenvalue weighted by atomic mass is 10.1. The largest absolute Gasteiger partial charge is 0.495 e. The van der Waals surface area contributed by atoms with Gasteiger partial charge in [-0.25, -0.2) is 0 Å². The van der Waals surface area contributed by atoms with Gasteiger partial charge in [-0.2, -0.15) is 0 Å². The number of nitrogens with two attached hydrogens (primary N) is 1. The van der Waals surface area contributed by atoms with Crippen LogP contribution < -0.4 is 10.5 Å². The molecule has 88 valence electrons. The molecule has 0 saturated carbocycles. The molecule has 0 bridgehead atoms. The van der Waals surface area contributed by atoms with Crippen molar-refractivity contribution in [2.75, 3.05) is 20.2 Å². The lowest BCUT2D eigenvalue weighted by Gasteiger charge is -2.30. The Morgan fingerprint density at radius 2 is 2.50 bits per heavy atom. The van der Waals surface area contributed by atoms with Crippen molar-refractivity contribution in [3.8, 4) is 5.75 Å². The van der Waals surface area contributed by atoms with Crippen LogP contribution in [0.25, 0.3) is 0 Å². The van der Waals surface area contributed by atoms with Gasteiger partial charge in [0.25, 0.3) is 5.91 Å². The molecule has 1 amide bonds. The Balaban J connectivity index is 2.12. The Kier molecular flexibility index (Phi) is 3.46. The van der Waals surface area contributed by atoms with E-state index >= 15 is 0 Å². The van der Waals surface area contributed by atoms with E-state index in [0.717, 1.165) is 19.4 Å². The van der Waals surface area contributed by atoms with Crippen molar-refractivity contribution in [2.45, 2.75) is 18.9 Å². The van der Waals surface area contributed by atoms with Gasteiger partial charge in [-0.1, -0.05) is 0 Å². The minimum atomic E-state index is 0.0435. The maximum Gasteiger partial charge on any atom is 0.267 e. The van der Waals surface area contributed by atoms with E-state index in [1.807, 2.05) is 16.3 Å². The monoisotopic (exact) mass is 240 g/mol. The van der Waals surface area contributed by atoms with Gasteiger partial charge in [0, 0.05) is 19.1 Å². The second-order valence-corrected chi connectivity index (χ2v) is 4.89. The molecule has 1 aromatic rings. The number of likely N-dealkylation sites (tertiary alicyclic amines) is 1. The zero-order chi connectivity index (χ0) is 11.5. The molecule has 0 aliphatic carbocycles. The molecule has 2 rings (SSSR count). The van der Waals surface area contributed by atoms with Crippen LogP contribution in [0.5, 0.6) is 5.75 Å². The summed E-state index contributed by atoms with van der Waals surface area (Å²) >= 11 is 1.42. The Bertz CT molecular complexity index is 378. The Hall–Kier alpha value is -1.07. The van der Waals surface area contributed by atoms with E-state index in [2.05, 4.69) is 0 Å². The molecule has 0 spiro atoms. The Morgan fingerprint density at radius 1 is 1.69 bits per heavy atom. The van der Waals surface area contributed by atoms with Crippen LogP contribution in [0.1, 0.15) is 22.5 Å². The summed E-state index contributed by atoms with van der Waals surface area (Å²) in [6.07, 6.45) is 1.99. The molecule has 1 unspecified atom stereocenters. The van der Waals surface area contributed by atoms with Gasteiger partial charge in [-0.05, 0) is 24.3 Å². The molecule has 0 aromatic carbocycles. The van der Waals surface area contributed by atoms with E-state index in [-0.39, 0.29) is 11.9 Å². The lowest BCUT2D eigenvalue weighted by molar-refractivity contribution is 0.0710. The molecule has 2 N–H and O–H groups in total. The van der Waals surface area contributed by atoms with E-state index in [9.17, 15) is 4.79 Å². The SMILES string of the molecule is COc1ccsc1C(=O)N1CCCC(N)C1. The molecule has 1 aliphatic heterocycles. The standard InChI is InChI=1S/C11H16N2O2S/c1-15-9-4-6-16-10(9)11(14)13-5-2-3-8(12)7-13/h4,6,8H,2-3,5,7,12H2,1H3. The summed E-state index contributed by atoms with van der Waals surface area (Å²) in [6, 6.07) is 1.94. The molecule has 16 heavy (non-hydrogen) atoms. The number of nitrogens with zero attached hydrogens (tertiary/aromatic N) is 1. The number of piperidine rings is 1. The van der Waals surface area contributed by atoms with Gasteiger partial charge < -0.3 is 15.4 Å². The average molecular weight is 240 g/mol. The number of thiophene rings is 1. The van der Waals surface area contributed by atoms with Crippen molar-refractivity contribution < 1.29 is 9.53 Å². The maximum absolute atomic E-state index is 12.2. The molecule has 0 radical (unpaired) electrons. The summed E-state index contributed by atoms with van der Waals surface area (Å²) in [6.45, 7) is 1.45. The van der Waals surface area contributed by atoms with Crippen LogP contribution in [0.4, 0.5) is 0 Å². The minimum absolute atomic E-state index is 0.0435. The molecule has 5 heteroatoms. The summed E-state index contributed by atoms with van der Waals surface area (Å²) in [5.41, 5.74) is 5.87. The van der Waals surface area contributed by atoms with E-state index in [0.29, 0.717) is 17.2 Å². The molecule has 1 aromatic heterocycles. The number of methoxy groups -OCH3 is 1. The molecule has 2 heterocycles. The molecular formula is C11H16N2O2S. The van der Waals surface area contributed by atoms with Crippen LogP contribution in [-0.4, -0.2) is 37.0 Å². The molecule has 1 saturated heterocycles. The van der Waals surface area contributed by atoms with Crippen LogP contribution in [0.3, 0.4) is 0 Å². The summed E-state index contributed by atoms with van der Waals surface area (Å²) in [5, 5.41) is 1.87. The molecule has 1 aliphatic rings. The summed E-state index contributed by atoms with van der Waals surface area (Å²) in [7, 11) is 1.58. The zero-order valence-electron chi connectivity index (χ0n) is 9.31. The van der Waals surface area contributed by atoms with E-state index in [1.165, 1.54) is 11.3 Å². The number of amides is 1. The third-order valence-corrected chi connectivity index (χ3v) is 3.67. The fourth-order valence-electron chi connectivity index (χ4n) is 1.95. The lowest BCUT2D eigenvalue weighted by Crippen LogP contribution is -2.45. The first-order valence-electron chi connectivity index (χ1n) is 5.38. The van der Waals surface area contributed by atoms with Crippen LogP contribution in [0, 0.1) is 0 Å². The van der Waals surface area contributed by atoms with Gasteiger partial charge in [-0.15, -0.1) is 11.3 Å². The first kappa shape index (κ1) is 11.4. The minimum Gasteiger partial charge on any atom is -0.495 e. The van der Waals surface area contributed by atoms with Crippen molar-refractivity contribution in [1.82, 2.24) is 4.90 Å². The summed E-state index contributed by atoms with van der Waals surface area (Å²) in [5.74, 6) is 0.705. The number of hydrogen-bond donors (Lipinski definition) is 1. The first-order chi connectivity index (χ1) is 7.72. The van der Waals surface area contributed by atoms with Crippen molar-refractivity contribution in [2.24, 2.45) is 5.73 Å². The van der Waals surface area contributed by atoms with Crippen molar-refractivity contribution in [3.05, 3.63) is 16.3 Å². The summed E-state index contributed by atoms with van der Waals surface area (Å²) < 4.78 is 5.16. The van der Waals surface area contributed by atoms with Gasteiger partial charge >= 0.3 is 0 Å². The third kappa shape index (κ3) is 2.20. The van der Waals surface area contributed by atoms with Crippen LogP contribution in [-0.2, 0) is 0 Å². The van der Waals surface area contributed by atoms with Gasteiger partial charge in [0.05, 0.1) is 7.11 Å². The number of carbonyl (C=O) groups is 1. The predicted octanol–water partition coefficient (Wildman–Crippen LogP) is 1.32. The molecule has 1 fully saturated rings. The highest BCUT2D eigenvalue weighted by atomic mass is 32.1. The van der Waals surface area contributed by atoms with Crippen LogP contribution in [0.15, 0.2) is 11.4 Å². The second kappa shape index (κ2) is 4.84. The van der Waals surface area contributed by atoms with Crippen molar-refractivity contribution >= 4 is 17.2 Å². The van der Waals surface area contributed by atoms with Crippen LogP contribution >= 0.6 is 11.3 Å². The first-order valence-corrected chi connectivity index (χ1v) is 6.26. The van der Waals surface area contributed by atoms with E-state index < -0.39 is 0 Å². The highest BCUT2D eigenvalue weighted by molar-refractivity contribution is 7.12. The fourth-order valence-corrected chi connectivity index (χ4v) is 2.78. The fraction of sp³-hybridized carbons (Fsp3) is 0.545. The van der Waals surface area contributed by atoms with E-state index in [1.54, 1.807) is 7.11 Å². The van der Waals surface area contributed by atoms with Crippen LogP contribution in [0.2, 0.25) is 0 Å². The molecule has 1 atom stereocenters. The maximum atomic E-state index is 12.2. The highest BCUT2D eigenvalue weighted by Gasteiger charge is 2.25. The van der Waals surface area contributed by atoms with Crippen molar-refractivity contribution in [1.29, 1.82) is 0 Å². The zero-order valence-corrected chi connectivity index (χ0v) is 10.1. The van der Waals surface area contributed by atoms with Gasteiger partial charge in [0.2, 0.25) is 0 Å². The third-order valence-electron chi connectivity index (χ3n) is 2.79. The summed E-state index contributed by atoms with van der Waals surface area (Å²) in [4.78, 5) is 14.7. The number of rotatable bonds is 2. The molecule has 4 nitrogen and oxygen atoms in total. The van der Waals surface area contributed by atoms with Gasteiger partial charge in [0.1, 0.15) is 10.6 Å². The molecular weight excluding hydrogens is 224 g/mol. The second-order valence-electron chi connectivity index (χ2n) is 3.97.